The van der Waals surface area contributed by atoms with Gasteiger partial charge < -0.3 is 29.7 Å². The van der Waals surface area contributed by atoms with Crippen molar-refractivity contribution in [2.24, 2.45) is 13.0 Å². The maximum Gasteiger partial charge on any atom is 0.229 e. The fourth-order valence-corrected chi connectivity index (χ4v) is 7.42. The zero-order chi connectivity index (χ0) is 28.2. The van der Waals surface area contributed by atoms with Gasteiger partial charge in [0.2, 0.25) is 11.9 Å². The number of hydrogen-bond acceptors (Lipinski definition) is 9. The highest BCUT2D eigenvalue weighted by atomic mass is 33.1. The van der Waals surface area contributed by atoms with E-state index >= 15 is 0 Å². The predicted octanol–water partition coefficient (Wildman–Crippen LogP) is 5.34. The molecule has 2 aromatic carbocycles. The van der Waals surface area contributed by atoms with Crippen LogP contribution in [0, 0.1) is 5.92 Å². The summed E-state index contributed by atoms with van der Waals surface area (Å²) in [6.45, 7) is 1.66. The van der Waals surface area contributed by atoms with Gasteiger partial charge in [-0.25, -0.2) is 9.97 Å². The van der Waals surface area contributed by atoms with Gasteiger partial charge in [-0.15, -0.1) is 0 Å². The number of carbonyl (C=O) groups excluding carboxylic acids is 1. The molecule has 0 radical (unpaired) electrons. The molecule has 9 nitrogen and oxygen atoms in total. The SMILES string of the molecule is COc1cc(N(C)CCN(C)C)c(NC(=O)C2CSSC2)cc1Nc1nccc(-c2cn(C)c3ccccc23)n1. The van der Waals surface area contributed by atoms with Crippen molar-refractivity contribution in [2.45, 2.75) is 0 Å². The molecule has 0 unspecified atom stereocenters. The normalized spacial score (nSPS) is 13.7. The van der Waals surface area contributed by atoms with Crippen LogP contribution in [0.4, 0.5) is 23.0 Å². The van der Waals surface area contributed by atoms with Crippen LogP contribution in [0.25, 0.3) is 22.2 Å². The maximum atomic E-state index is 13.1. The first-order valence-corrected chi connectivity index (χ1v) is 15.6. The lowest BCUT2D eigenvalue weighted by molar-refractivity contribution is -0.118. The van der Waals surface area contributed by atoms with Gasteiger partial charge in [-0.05, 0) is 32.3 Å². The van der Waals surface area contributed by atoms with Crippen molar-refractivity contribution in [3.8, 4) is 17.0 Å². The third-order valence-corrected chi connectivity index (χ3v) is 9.50. The summed E-state index contributed by atoms with van der Waals surface area (Å²) >= 11 is 0. The number of likely N-dealkylation sites (N-methyl/N-ethyl adjacent to an activating group) is 2. The number of benzene rings is 2. The summed E-state index contributed by atoms with van der Waals surface area (Å²) in [5, 5.41) is 7.68. The van der Waals surface area contributed by atoms with E-state index in [4.69, 9.17) is 9.72 Å². The van der Waals surface area contributed by atoms with E-state index in [1.165, 1.54) is 0 Å². The molecule has 5 rings (SSSR count). The molecule has 0 atom stereocenters. The number of nitrogens with one attached hydrogen (secondary N) is 2. The summed E-state index contributed by atoms with van der Waals surface area (Å²) in [6, 6.07) is 14.1. The van der Waals surface area contributed by atoms with Crippen molar-refractivity contribution in [2.75, 3.05) is 68.4 Å². The van der Waals surface area contributed by atoms with Gasteiger partial charge in [-0.3, -0.25) is 4.79 Å². The molecule has 0 bridgehead atoms. The van der Waals surface area contributed by atoms with E-state index in [0.29, 0.717) is 17.4 Å². The highest BCUT2D eigenvalue weighted by molar-refractivity contribution is 8.77. The van der Waals surface area contributed by atoms with Crippen LogP contribution in [-0.4, -0.2) is 78.2 Å². The molecule has 11 heteroatoms. The monoisotopic (exact) mass is 577 g/mol. The summed E-state index contributed by atoms with van der Waals surface area (Å²) in [7, 11) is 13.3. The Hall–Kier alpha value is -3.41. The van der Waals surface area contributed by atoms with E-state index in [1.54, 1.807) is 34.9 Å². The molecule has 0 saturated carbocycles. The molecule has 2 aromatic heterocycles. The maximum absolute atomic E-state index is 13.1. The molecular weight excluding hydrogens is 543 g/mol. The Bertz CT molecular complexity index is 1500. The van der Waals surface area contributed by atoms with Gasteiger partial charge >= 0.3 is 0 Å². The Morgan fingerprint density at radius 2 is 1.88 bits per heavy atom. The van der Waals surface area contributed by atoms with Crippen molar-refractivity contribution in [3.63, 3.8) is 0 Å². The Labute approximate surface area is 243 Å². The number of methoxy groups -OCH3 is 1. The van der Waals surface area contributed by atoms with Crippen LogP contribution in [0.1, 0.15) is 0 Å². The molecule has 4 aromatic rings. The Balaban J connectivity index is 1.48. The lowest BCUT2D eigenvalue weighted by atomic mass is 10.1. The average Bonchev–Trinajstić information content (AvgIpc) is 3.61. The van der Waals surface area contributed by atoms with Gasteiger partial charge in [-0.1, -0.05) is 39.8 Å². The second-order valence-electron chi connectivity index (χ2n) is 10.1. The number of hydrogen-bond donors (Lipinski definition) is 2. The van der Waals surface area contributed by atoms with Crippen LogP contribution < -0.4 is 20.3 Å². The Morgan fingerprint density at radius 1 is 1.10 bits per heavy atom. The van der Waals surface area contributed by atoms with E-state index < -0.39 is 0 Å². The number of aromatic nitrogens is 3. The number of aryl methyl sites for hydroxylation is 1. The highest BCUT2D eigenvalue weighted by Gasteiger charge is 2.26. The minimum absolute atomic E-state index is 0.0193. The topological polar surface area (TPSA) is 87.5 Å². The molecule has 0 spiro atoms. The number of para-hydroxylation sites is 1. The molecule has 1 saturated heterocycles. The van der Waals surface area contributed by atoms with Crippen molar-refractivity contribution >= 4 is 61.4 Å². The molecule has 1 fully saturated rings. The number of amides is 1. The Morgan fingerprint density at radius 3 is 2.62 bits per heavy atom. The summed E-state index contributed by atoms with van der Waals surface area (Å²) < 4.78 is 7.89. The van der Waals surface area contributed by atoms with Crippen LogP contribution in [0.5, 0.6) is 5.75 Å². The van der Waals surface area contributed by atoms with Gasteiger partial charge in [0, 0.05) is 73.6 Å². The van der Waals surface area contributed by atoms with Crippen molar-refractivity contribution in [1.29, 1.82) is 0 Å². The quantitative estimate of drug-likeness (QED) is 0.243. The highest BCUT2D eigenvalue weighted by Crippen LogP contribution is 2.40. The number of nitrogens with zero attached hydrogens (tertiary/aromatic N) is 5. The van der Waals surface area contributed by atoms with E-state index in [9.17, 15) is 4.79 Å². The van der Waals surface area contributed by atoms with Crippen LogP contribution in [0.2, 0.25) is 0 Å². The number of rotatable bonds is 10. The summed E-state index contributed by atoms with van der Waals surface area (Å²) in [4.78, 5) is 26.7. The second-order valence-corrected chi connectivity index (χ2v) is 12.7. The van der Waals surface area contributed by atoms with E-state index in [2.05, 4.69) is 48.3 Å². The van der Waals surface area contributed by atoms with Crippen molar-refractivity contribution < 1.29 is 9.53 Å². The second kappa shape index (κ2) is 12.4. The smallest absolute Gasteiger partial charge is 0.229 e. The lowest BCUT2D eigenvalue weighted by Gasteiger charge is -2.26. The van der Waals surface area contributed by atoms with Gasteiger partial charge in [0.05, 0.1) is 35.8 Å². The summed E-state index contributed by atoms with van der Waals surface area (Å²) in [5.41, 5.74) is 5.28. The number of fused-ring (bicyclic) bond motifs is 1. The lowest BCUT2D eigenvalue weighted by Crippen LogP contribution is -2.30. The minimum Gasteiger partial charge on any atom is -0.494 e. The van der Waals surface area contributed by atoms with Crippen molar-refractivity contribution in [3.05, 3.63) is 54.9 Å². The molecule has 3 heterocycles. The first-order valence-electron chi connectivity index (χ1n) is 13.1. The number of carbonyl (C=O) groups is 1. The molecule has 1 amide bonds. The van der Waals surface area contributed by atoms with Crippen molar-refractivity contribution in [1.82, 2.24) is 19.4 Å². The van der Waals surface area contributed by atoms with Crippen LogP contribution >= 0.6 is 21.6 Å². The molecule has 1 aliphatic rings. The van der Waals surface area contributed by atoms with Gasteiger partial charge in [0.25, 0.3) is 0 Å². The van der Waals surface area contributed by atoms with Gasteiger partial charge in [-0.2, -0.15) is 0 Å². The van der Waals surface area contributed by atoms with Crippen LogP contribution in [-0.2, 0) is 11.8 Å². The van der Waals surface area contributed by atoms with Crippen LogP contribution in [0.3, 0.4) is 0 Å². The molecule has 1 aliphatic heterocycles. The third-order valence-electron chi connectivity index (χ3n) is 6.94. The molecule has 40 heavy (non-hydrogen) atoms. The fourth-order valence-electron chi connectivity index (χ4n) is 4.65. The average molecular weight is 578 g/mol. The zero-order valence-electron chi connectivity index (χ0n) is 23.5. The van der Waals surface area contributed by atoms with E-state index in [-0.39, 0.29) is 11.8 Å². The first kappa shape index (κ1) is 28.1. The molecule has 0 aliphatic carbocycles. The third kappa shape index (κ3) is 6.16. The zero-order valence-corrected chi connectivity index (χ0v) is 25.1. The fraction of sp³-hybridized carbons (Fsp3) is 0.345. The first-order chi connectivity index (χ1) is 19.3. The molecular formula is C29H35N7O2S2. The van der Waals surface area contributed by atoms with E-state index in [1.807, 2.05) is 58.5 Å². The molecule has 2 N–H and O–H groups in total. The standard InChI is InChI=1S/C29H35N7O2S2/c1-34(2)12-13-35(3)26-15-27(38-5)24(14-23(26)31-28(37)19-17-39-40-18-19)33-29-30-11-10-22(32-29)21-16-36(4)25-9-7-6-8-20(21)25/h6-11,14-16,19H,12-13,17-18H2,1-5H3,(H,31,37)(H,30,32,33). The van der Waals surface area contributed by atoms with E-state index in [0.717, 1.165) is 58.1 Å². The summed E-state index contributed by atoms with van der Waals surface area (Å²) in [6.07, 6.45) is 3.84. The summed E-state index contributed by atoms with van der Waals surface area (Å²) in [5.74, 6) is 2.73. The predicted molar refractivity (Wildman–Crippen MR) is 169 cm³/mol. The number of ether oxygens (including phenoxy) is 1. The van der Waals surface area contributed by atoms with Gasteiger partial charge in [0.1, 0.15) is 5.75 Å². The molecule has 210 valence electrons. The van der Waals surface area contributed by atoms with Crippen LogP contribution in [0.15, 0.2) is 54.9 Å². The number of anilines is 4. The Kier molecular flexibility index (Phi) is 8.72. The minimum atomic E-state index is -0.0193. The van der Waals surface area contributed by atoms with Gasteiger partial charge in [0.15, 0.2) is 0 Å². The largest absolute Gasteiger partial charge is 0.494 e.